The molecule has 0 saturated heterocycles. The Morgan fingerprint density at radius 2 is 2.15 bits per heavy atom. The molecule has 0 atom stereocenters. The van der Waals surface area contributed by atoms with Crippen molar-refractivity contribution in [2.75, 3.05) is 7.11 Å². The first-order valence-electron chi connectivity index (χ1n) is 3.60. The van der Waals surface area contributed by atoms with Crippen LogP contribution in [0.25, 0.3) is 0 Å². The van der Waals surface area contributed by atoms with Crippen LogP contribution in [0.15, 0.2) is 12.1 Å². The Hall–Kier alpha value is -0.290. The van der Waals surface area contributed by atoms with Gasteiger partial charge in [0, 0.05) is 8.59 Å². The Labute approximate surface area is 95.4 Å². The van der Waals surface area contributed by atoms with Gasteiger partial charge in [-0.05, 0) is 47.2 Å². The largest absolute Gasteiger partial charge is 0.465 e. The fourth-order valence-electron chi connectivity index (χ4n) is 0.881. The van der Waals surface area contributed by atoms with E-state index < -0.39 is 0 Å². The van der Waals surface area contributed by atoms with Crippen LogP contribution in [0.3, 0.4) is 0 Å². The van der Waals surface area contributed by atoms with Gasteiger partial charge in [0.05, 0.1) is 12.7 Å². The van der Waals surface area contributed by atoms with Gasteiger partial charge in [-0.2, -0.15) is 0 Å². The van der Waals surface area contributed by atoms with Crippen LogP contribution >= 0.6 is 34.2 Å². The van der Waals surface area contributed by atoms with Gasteiger partial charge in [-0.25, -0.2) is 4.79 Å². The Morgan fingerprint density at radius 3 is 2.62 bits per heavy atom. The van der Waals surface area contributed by atoms with Crippen LogP contribution in [-0.4, -0.2) is 13.1 Å². The molecule has 0 radical (unpaired) electrons. The first-order chi connectivity index (χ1) is 6.06. The molecule has 0 aromatic heterocycles. The van der Waals surface area contributed by atoms with E-state index in [1.165, 1.54) is 7.11 Å². The highest BCUT2D eigenvalue weighted by molar-refractivity contribution is 14.1. The van der Waals surface area contributed by atoms with Crippen molar-refractivity contribution in [1.82, 2.24) is 0 Å². The highest BCUT2D eigenvalue weighted by atomic mass is 127. The lowest BCUT2D eigenvalue weighted by Crippen LogP contribution is -2.02. The molecule has 13 heavy (non-hydrogen) atoms. The van der Waals surface area contributed by atoms with E-state index in [1.807, 2.05) is 6.92 Å². The lowest BCUT2D eigenvalue weighted by Gasteiger charge is -2.04. The maximum absolute atomic E-state index is 11.1. The fourth-order valence-corrected chi connectivity index (χ4v) is 1.89. The summed E-state index contributed by atoms with van der Waals surface area (Å²) >= 11 is 8.04. The zero-order valence-electron chi connectivity index (χ0n) is 7.23. The van der Waals surface area contributed by atoms with Crippen LogP contribution in [0.1, 0.15) is 15.9 Å². The second-order valence-corrected chi connectivity index (χ2v) is 4.13. The van der Waals surface area contributed by atoms with Gasteiger partial charge in [-0.15, -0.1) is 0 Å². The van der Waals surface area contributed by atoms with Crippen LogP contribution in [0.4, 0.5) is 0 Å². The Kier molecular flexibility index (Phi) is 3.55. The van der Waals surface area contributed by atoms with E-state index in [-0.39, 0.29) is 5.97 Å². The molecule has 0 aliphatic rings. The van der Waals surface area contributed by atoms with Crippen molar-refractivity contribution in [3.63, 3.8) is 0 Å². The highest BCUT2D eigenvalue weighted by Gasteiger charge is 2.09. The number of benzene rings is 1. The van der Waals surface area contributed by atoms with Gasteiger partial charge in [0.1, 0.15) is 0 Å². The fraction of sp³-hybridized carbons (Fsp3) is 0.222. The summed E-state index contributed by atoms with van der Waals surface area (Å²) in [6.45, 7) is 1.91. The third-order valence-electron chi connectivity index (χ3n) is 1.70. The topological polar surface area (TPSA) is 26.3 Å². The molecule has 0 amide bonds. The molecule has 2 nitrogen and oxygen atoms in total. The summed E-state index contributed by atoms with van der Waals surface area (Å²) in [5.41, 5.74) is 1.47. The number of ether oxygens (including phenoxy) is 1. The van der Waals surface area contributed by atoms with Crippen molar-refractivity contribution < 1.29 is 9.53 Å². The number of methoxy groups -OCH3 is 1. The zero-order chi connectivity index (χ0) is 10.0. The van der Waals surface area contributed by atoms with Gasteiger partial charge < -0.3 is 4.74 Å². The Morgan fingerprint density at radius 1 is 1.54 bits per heavy atom. The first-order valence-corrected chi connectivity index (χ1v) is 5.06. The maximum Gasteiger partial charge on any atom is 0.337 e. The van der Waals surface area contributed by atoms with E-state index in [4.69, 9.17) is 11.6 Å². The minimum Gasteiger partial charge on any atom is -0.465 e. The number of esters is 1. The number of carbonyl (C=O) groups excluding carboxylic acids is 1. The minimum atomic E-state index is -0.361. The quantitative estimate of drug-likeness (QED) is 0.589. The number of halogens is 2. The van der Waals surface area contributed by atoms with E-state index in [9.17, 15) is 4.79 Å². The lowest BCUT2D eigenvalue weighted by atomic mass is 10.1. The third kappa shape index (κ3) is 2.34. The predicted octanol–water partition coefficient (Wildman–Crippen LogP) is 3.04. The van der Waals surface area contributed by atoms with Crippen LogP contribution in [0.5, 0.6) is 0 Å². The average molecular weight is 311 g/mol. The van der Waals surface area contributed by atoms with Gasteiger partial charge in [-0.3, -0.25) is 0 Å². The first kappa shape index (κ1) is 10.8. The highest BCUT2D eigenvalue weighted by Crippen LogP contribution is 2.23. The Bertz CT molecular complexity index is 326. The molecule has 0 aliphatic heterocycles. The molecule has 0 N–H and O–H groups in total. The van der Waals surface area contributed by atoms with Crippen LogP contribution < -0.4 is 0 Å². The van der Waals surface area contributed by atoms with Crippen molar-refractivity contribution in [2.24, 2.45) is 0 Å². The minimum absolute atomic E-state index is 0.361. The number of hydrogen-bond donors (Lipinski definition) is 0. The molecule has 0 saturated carbocycles. The summed E-state index contributed by atoms with van der Waals surface area (Å²) in [5.74, 6) is -0.361. The Balaban J connectivity index is 3.20. The second-order valence-electron chi connectivity index (χ2n) is 2.56. The van der Waals surface area contributed by atoms with Gasteiger partial charge in [0.15, 0.2) is 0 Å². The predicted molar refractivity (Wildman–Crippen MR) is 60.2 cm³/mol. The van der Waals surface area contributed by atoms with Gasteiger partial charge in [-0.1, -0.05) is 11.6 Å². The van der Waals surface area contributed by atoms with E-state index in [0.29, 0.717) is 10.6 Å². The number of rotatable bonds is 1. The van der Waals surface area contributed by atoms with Crippen molar-refractivity contribution in [3.05, 3.63) is 31.9 Å². The molecule has 0 aliphatic carbocycles. The van der Waals surface area contributed by atoms with Crippen molar-refractivity contribution in [2.45, 2.75) is 6.92 Å². The normalized spacial score (nSPS) is 9.85. The zero-order valence-corrected chi connectivity index (χ0v) is 10.1. The summed E-state index contributed by atoms with van der Waals surface area (Å²) in [6.07, 6.45) is 0. The summed E-state index contributed by atoms with van der Waals surface area (Å²) in [4.78, 5) is 11.1. The molecular weight excluding hydrogens is 302 g/mol. The third-order valence-corrected chi connectivity index (χ3v) is 3.22. The van der Waals surface area contributed by atoms with Crippen molar-refractivity contribution >= 4 is 40.2 Å². The van der Waals surface area contributed by atoms with Crippen LogP contribution in [0, 0.1) is 10.5 Å². The van der Waals surface area contributed by atoms with Crippen LogP contribution in [-0.2, 0) is 4.74 Å². The monoisotopic (exact) mass is 310 g/mol. The molecule has 0 unspecified atom stereocenters. The molecule has 0 fully saturated rings. The van der Waals surface area contributed by atoms with Crippen LogP contribution in [0.2, 0.25) is 5.02 Å². The number of hydrogen-bond acceptors (Lipinski definition) is 2. The summed E-state index contributed by atoms with van der Waals surface area (Å²) in [7, 11) is 1.35. The smallest absolute Gasteiger partial charge is 0.337 e. The molecule has 1 aromatic rings. The summed E-state index contributed by atoms with van der Waals surface area (Å²) < 4.78 is 5.55. The van der Waals surface area contributed by atoms with E-state index in [1.54, 1.807) is 12.1 Å². The molecule has 1 rings (SSSR count). The summed E-state index contributed by atoms with van der Waals surface area (Å²) in [5, 5.41) is 0.590. The second kappa shape index (κ2) is 4.28. The molecule has 0 spiro atoms. The molecule has 0 heterocycles. The maximum atomic E-state index is 11.1. The molecule has 1 aromatic carbocycles. The van der Waals surface area contributed by atoms with Crippen molar-refractivity contribution in [1.29, 1.82) is 0 Å². The standard InChI is InChI=1S/C9H8ClIO2/c1-5-7(10)3-6(4-8(5)11)9(12)13-2/h3-4H,1-2H3. The SMILES string of the molecule is COC(=O)c1cc(Cl)c(C)c(I)c1. The van der Waals surface area contributed by atoms with E-state index in [2.05, 4.69) is 27.3 Å². The van der Waals surface area contributed by atoms with Crippen molar-refractivity contribution in [3.8, 4) is 0 Å². The van der Waals surface area contributed by atoms with E-state index in [0.717, 1.165) is 9.13 Å². The molecule has 0 bridgehead atoms. The number of carbonyl (C=O) groups is 1. The molecular formula is C9H8ClIO2. The lowest BCUT2D eigenvalue weighted by molar-refractivity contribution is 0.0600. The molecule has 4 heteroatoms. The summed E-state index contributed by atoms with van der Waals surface area (Å²) in [6, 6.07) is 3.37. The average Bonchev–Trinajstić information content (AvgIpc) is 2.12. The van der Waals surface area contributed by atoms with Gasteiger partial charge in [0.2, 0.25) is 0 Å². The van der Waals surface area contributed by atoms with Gasteiger partial charge >= 0.3 is 5.97 Å². The van der Waals surface area contributed by atoms with Gasteiger partial charge in [0.25, 0.3) is 0 Å². The van der Waals surface area contributed by atoms with E-state index >= 15 is 0 Å². The molecule has 70 valence electrons.